The molecule has 2 amide bonds. The van der Waals surface area contributed by atoms with Crippen LogP contribution in [-0.2, 0) is 0 Å². The number of amides is 2. The summed E-state index contributed by atoms with van der Waals surface area (Å²) in [6.07, 6.45) is -6.14. The second-order valence-corrected chi connectivity index (χ2v) is 5.46. The molecule has 0 radical (unpaired) electrons. The molecule has 0 aliphatic rings. The summed E-state index contributed by atoms with van der Waals surface area (Å²) in [6.45, 7) is 0.520. The molecule has 0 spiro atoms. The molecule has 1 heterocycles. The lowest BCUT2D eigenvalue weighted by Gasteiger charge is -2.25. The molecule has 0 fully saturated rings. The lowest BCUT2D eigenvalue weighted by molar-refractivity contribution is -0.206. The molecule has 0 aliphatic carbocycles. The number of aliphatic hydroxyl groups is 1. The Morgan fingerprint density at radius 1 is 1.26 bits per heavy atom. The SMILES string of the molecule is CCN(C[C@@H](O)C(F)(F)F)C(=O)Nc1cc(Oc2ccc(F)cc2)ccn1. The van der Waals surface area contributed by atoms with Crippen molar-refractivity contribution in [2.75, 3.05) is 18.4 Å². The van der Waals surface area contributed by atoms with Gasteiger partial charge in [-0.1, -0.05) is 0 Å². The molecule has 0 aliphatic heterocycles. The minimum atomic E-state index is -4.82. The number of hydrogen-bond donors (Lipinski definition) is 2. The van der Waals surface area contributed by atoms with E-state index >= 15 is 0 Å². The van der Waals surface area contributed by atoms with Crippen molar-refractivity contribution in [3.8, 4) is 11.5 Å². The second kappa shape index (κ2) is 8.67. The van der Waals surface area contributed by atoms with Crippen molar-refractivity contribution >= 4 is 11.8 Å². The van der Waals surface area contributed by atoms with Crippen LogP contribution in [0.4, 0.5) is 28.2 Å². The Kier molecular flexibility index (Phi) is 6.56. The van der Waals surface area contributed by atoms with E-state index < -0.39 is 30.7 Å². The zero-order chi connectivity index (χ0) is 20.0. The molecule has 0 saturated heterocycles. The fourth-order valence-electron chi connectivity index (χ4n) is 2.04. The fraction of sp³-hybridized carbons (Fsp3) is 0.294. The maximum atomic E-state index is 12.9. The third-order valence-electron chi connectivity index (χ3n) is 3.46. The first kappa shape index (κ1) is 20.4. The molecule has 2 N–H and O–H groups in total. The first-order valence-electron chi connectivity index (χ1n) is 7.89. The van der Waals surface area contributed by atoms with E-state index in [-0.39, 0.29) is 18.1 Å². The summed E-state index contributed by atoms with van der Waals surface area (Å²) in [7, 11) is 0. The summed E-state index contributed by atoms with van der Waals surface area (Å²) >= 11 is 0. The number of carbonyl (C=O) groups is 1. The number of rotatable bonds is 6. The van der Waals surface area contributed by atoms with Crippen LogP contribution < -0.4 is 10.1 Å². The monoisotopic (exact) mass is 387 g/mol. The van der Waals surface area contributed by atoms with Gasteiger partial charge in [0, 0.05) is 18.8 Å². The van der Waals surface area contributed by atoms with Crippen molar-refractivity contribution in [2.24, 2.45) is 0 Å². The number of likely N-dealkylation sites (N-methyl/N-ethyl adjacent to an activating group) is 1. The molecule has 6 nitrogen and oxygen atoms in total. The lowest BCUT2D eigenvalue weighted by atomic mass is 10.3. The van der Waals surface area contributed by atoms with Crippen LogP contribution in [0.1, 0.15) is 6.92 Å². The largest absolute Gasteiger partial charge is 0.457 e. The van der Waals surface area contributed by atoms with Crippen LogP contribution in [0.5, 0.6) is 11.5 Å². The normalized spacial score (nSPS) is 12.4. The average molecular weight is 387 g/mol. The van der Waals surface area contributed by atoms with Crippen molar-refractivity contribution in [3.05, 3.63) is 48.4 Å². The van der Waals surface area contributed by atoms with Crippen molar-refractivity contribution in [1.29, 1.82) is 0 Å². The van der Waals surface area contributed by atoms with E-state index in [4.69, 9.17) is 9.84 Å². The van der Waals surface area contributed by atoms with Gasteiger partial charge in [0.2, 0.25) is 0 Å². The van der Waals surface area contributed by atoms with E-state index in [1.807, 2.05) is 0 Å². The number of aliphatic hydroxyl groups excluding tert-OH is 1. The van der Waals surface area contributed by atoms with Crippen LogP contribution >= 0.6 is 0 Å². The number of alkyl halides is 3. The minimum absolute atomic E-state index is 0.0413. The minimum Gasteiger partial charge on any atom is -0.457 e. The van der Waals surface area contributed by atoms with E-state index in [0.29, 0.717) is 5.75 Å². The van der Waals surface area contributed by atoms with Gasteiger partial charge in [0.1, 0.15) is 23.1 Å². The first-order chi connectivity index (χ1) is 12.7. The number of halogens is 4. The van der Waals surface area contributed by atoms with Gasteiger partial charge < -0.3 is 14.7 Å². The molecule has 2 rings (SSSR count). The van der Waals surface area contributed by atoms with Crippen LogP contribution in [0, 0.1) is 5.82 Å². The number of anilines is 1. The summed E-state index contributed by atoms with van der Waals surface area (Å²) in [5, 5.41) is 11.5. The summed E-state index contributed by atoms with van der Waals surface area (Å²) in [5.74, 6) is 0.249. The Hall–Kier alpha value is -2.88. The Bertz CT molecular complexity index is 769. The van der Waals surface area contributed by atoms with Gasteiger partial charge in [-0.2, -0.15) is 13.2 Å². The Morgan fingerprint density at radius 3 is 2.52 bits per heavy atom. The molecule has 0 unspecified atom stereocenters. The summed E-state index contributed by atoms with van der Waals surface area (Å²) in [6, 6.07) is 7.23. The number of pyridine rings is 1. The number of ether oxygens (including phenoxy) is 1. The summed E-state index contributed by atoms with van der Waals surface area (Å²) in [5.41, 5.74) is 0. The number of benzene rings is 1. The van der Waals surface area contributed by atoms with E-state index in [0.717, 1.165) is 4.90 Å². The predicted molar refractivity (Wildman–Crippen MR) is 89.0 cm³/mol. The van der Waals surface area contributed by atoms with Gasteiger partial charge in [0.15, 0.2) is 6.10 Å². The molecule has 0 bridgehead atoms. The Balaban J connectivity index is 2.03. The van der Waals surface area contributed by atoms with Gasteiger partial charge in [-0.3, -0.25) is 5.32 Å². The van der Waals surface area contributed by atoms with Gasteiger partial charge in [0.05, 0.1) is 6.54 Å². The molecule has 10 heteroatoms. The fourth-order valence-corrected chi connectivity index (χ4v) is 2.04. The highest BCUT2D eigenvalue weighted by molar-refractivity contribution is 5.88. The number of nitrogens with zero attached hydrogens (tertiary/aromatic N) is 2. The van der Waals surface area contributed by atoms with Crippen molar-refractivity contribution in [2.45, 2.75) is 19.2 Å². The predicted octanol–water partition coefficient (Wildman–Crippen LogP) is 3.79. The zero-order valence-corrected chi connectivity index (χ0v) is 14.2. The summed E-state index contributed by atoms with van der Waals surface area (Å²) in [4.78, 5) is 16.8. The topological polar surface area (TPSA) is 74.7 Å². The number of nitrogens with one attached hydrogen (secondary N) is 1. The molecule has 1 aromatic heterocycles. The van der Waals surface area contributed by atoms with Crippen molar-refractivity contribution in [3.63, 3.8) is 0 Å². The van der Waals surface area contributed by atoms with Gasteiger partial charge in [0.25, 0.3) is 0 Å². The first-order valence-corrected chi connectivity index (χ1v) is 7.89. The second-order valence-electron chi connectivity index (χ2n) is 5.46. The van der Waals surface area contributed by atoms with Gasteiger partial charge in [-0.05, 0) is 37.3 Å². The molecule has 0 saturated carbocycles. The van der Waals surface area contributed by atoms with Gasteiger partial charge in [-0.25, -0.2) is 14.2 Å². The molecule has 1 atom stereocenters. The van der Waals surface area contributed by atoms with Crippen LogP contribution in [0.3, 0.4) is 0 Å². The molecular formula is C17H17F4N3O3. The average Bonchev–Trinajstić information content (AvgIpc) is 2.60. The lowest BCUT2D eigenvalue weighted by Crippen LogP contribution is -2.45. The maximum absolute atomic E-state index is 12.9. The maximum Gasteiger partial charge on any atom is 0.416 e. The molecule has 146 valence electrons. The smallest absolute Gasteiger partial charge is 0.416 e. The molecule has 27 heavy (non-hydrogen) atoms. The number of hydrogen-bond acceptors (Lipinski definition) is 4. The quantitative estimate of drug-likeness (QED) is 0.740. The van der Waals surface area contributed by atoms with E-state index in [1.165, 1.54) is 49.5 Å². The third-order valence-corrected chi connectivity index (χ3v) is 3.46. The van der Waals surface area contributed by atoms with E-state index in [1.54, 1.807) is 0 Å². The van der Waals surface area contributed by atoms with Crippen LogP contribution in [0.15, 0.2) is 42.6 Å². The molecular weight excluding hydrogens is 370 g/mol. The molecule has 1 aromatic carbocycles. The Labute approximate surface area is 152 Å². The Morgan fingerprint density at radius 2 is 1.93 bits per heavy atom. The van der Waals surface area contributed by atoms with E-state index in [2.05, 4.69) is 10.3 Å². The van der Waals surface area contributed by atoms with E-state index in [9.17, 15) is 22.4 Å². The number of carbonyl (C=O) groups excluding carboxylic acids is 1. The standard InChI is InChI=1S/C17H17F4N3O3/c1-2-24(10-14(25)17(19,20)21)16(26)23-15-9-13(7-8-22-15)27-12-5-3-11(18)4-6-12/h3-9,14,25H,2,10H2,1H3,(H,22,23,26)/t14-/m1/s1. The highest BCUT2D eigenvalue weighted by Crippen LogP contribution is 2.24. The zero-order valence-electron chi connectivity index (χ0n) is 14.2. The van der Waals surface area contributed by atoms with Crippen molar-refractivity contribution < 1.29 is 32.2 Å². The van der Waals surface area contributed by atoms with Crippen LogP contribution in [0.25, 0.3) is 0 Å². The third kappa shape index (κ3) is 6.10. The van der Waals surface area contributed by atoms with Crippen LogP contribution in [-0.4, -0.2) is 46.4 Å². The summed E-state index contributed by atoms with van der Waals surface area (Å²) < 4.78 is 55.8. The van der Waals surface area contributed by atoms with Gasteiger partial charge in [-0.15, -0.1) is 0 Å². The highest BCUT2D eigenvalue weighted by Gasteiger charge is 2.39. The van der Waals surface area contributed by atoms with Crippen molar-refractivity contribution in [1.82, 2.24) is 9.88 Å². The van der Waals surface area contributed by atoms with Gasteiger partial charge >= 0.3 is 12.2 Å². The number of urea groups is 1. The molecule has 2 aromatic rings. The highest BCUT2D eigenvalue weighted by atomic mass is 19.4. The van der Waals surface area contributed by atoms with Crippen LogP contribution in [0.2, 0.25) is 0 Å². The number of aromatic nitrogens is 1.